The van der Waals surface area contributed by atoms with Crippen LogP contribution in [0.1, 0.15) is 63.6 Å². The summed E-state index contributed by atoms with van der Waals surface area (Å²) in [7, 11) is 0. The molecular weight excluding hydrogens is 344 g/mol. The highest BCUT2D eigenvalue weighted by Crippen LogP contribution is 2.18. The Hall–Kier alpha value is -2.26. The van der Waals surface area contributed by atoms with Gasteiger partial charge in [-0.2, -0.15) is 10.2 Å². The molecule has 150 valence electrons. The standard InChI is InChI=1S/C25H34N2O/c1-4-6-10-20-28-21(3)12-8-7-9-13-22-14-16-23(17-15-22)25-19-18-24(11-5-2)26-27-25/h5,9,13-19,21H,2,4,6-8,10-12,20H2,1,3H3/b13-9+. The fraction of sp³-hybridized carbons (Fsp3) is 0.440. The number of allylic oxidation sites excluding steroid dienone is 2. The first-order valence-corrected chi connectivity index (χ1v) is 10.5. The predicted octanol–water partition coefficient (Wildman–Crippen LogP) is 6.65. The Morgan fingerprint density at radius 1 is 1.04 bits per heavy atom. The van der Waals surface area contributed by atoms with Gasteiger partial charge in [-0.25, -0.2) is 0 Å². The summed E-state index contributed by atoms with van der Waals surface area (Å²) in [5, 5.41) is 8.54. The number of nitrogens with zero attached hydrogens (tertiary/aromatic N) is 2. The number of unbranched alkanes of at least 4 members (excludes halogenated alkanes) is 3. The number of rotatable bonds is 13. The molecule has 1 heterocycles. The summed E-state index contributed by atoms with van der Waals surface area (Å²) in [4.78, 5) is 0. The third kappa shape index (κ3) is 8.18. The molecular formula is C25H34N2O. The number of aromatic nitrogens is 2. The van der Waals surface area contributed by atoms with E-state index in [-0.39, 0.29) is 0 Å². The van der Waals surface area contributed by atoms with Gasteiger partial charge in [-0.1, -0.05) is 62.3 Å². The molecule has 0 saturated carbocycles. The van der Waals surface area contributed by atoms with Crippen LogP contribution in [0.5, 0.6) is 0 Å². The Morgan fingerprint density at radius 3 is 2.54 bits per heavy atom. The van der Waals surface area contributed by atoms with Crippen LogP contribution in [-0.2, 0) is 11.2 Å². The van der Waals surface area contributed by atoms with Crippen LogP contribution in [-0.4, -0.2) is 22.9 Å². The summed E-state index contributed by atoms with van der Waals surface area (Å²) in [6.45, 7) is 9.03. The molecule has 28 heavy (non-hydrogen) atoms. The van der Waals surface area contributed by atoms with Crippen LogP contribution in [0.2, 0.25) is 0 Å². The summed E-state index contributed by atoms with van der Waals surface area (Å²) in [6.07, 6.45) is 14.5. The van der Waals surface area contributed by atoms with Crippen molar-refractivity contribution in [3.63, 3.8) is 0 Å². The minimum atomic E-state index is 0.364. The van der Waals surface area contributed by atoms with Gasteiger partial charge in [0, 0.05) is 18.6 Å². The summed E-state index contributed by atoms with van der Waals surface area (Å²) in [5.41, 5.74) is 4.14. The lowest BCUT2D eigenvalue weighted by Gasteiger charge is -2.11. The zero-order chi connectivity index (χ0) is 20.0. The summed E-state index contributed by atoms with van der Waals surface area (Å²) < 4.78 is 5.85. The van der Waals surface area contributed by atoms with Crippen molar-refractivity contribution in [1.29, 1.82) is 0 Å². The SMILES string of the molecule is C=CCc1ccc(-c2ccc(/C=C/CCCC(C)OCCCCC)cc2)nn1. The van der Waals surface area contributed by atoms with Crippen molar-refractivity contribution in [1.82, 2.24) is 10.2 Å². The Kier molecular flexibility index (Phi) is 10.2. The number of hydrogen-bond acceptors (Lipinski definition) is 3. The van der Waals surface area contributed by atoms with E-state index in [1.54, 1.807) is 0 Å². The third-order valence-corrected chi connectivity index (χ3v) is 4.72. The fourth-order valence-electron chi connectivity index (χ4n) is 3.00. The third-order valence-electron chi connectivity index (χ3n) is 4.72. The molecule has 0 fully saturated rings. The molecule has 0 spiro atoms. The van der Waals surface area contributed by atoms with E-state index < -0.39 is 0 Å². The van der Waals surface area contributed by atoms with Crippen molar-refractivity contribution in [3.05, 3.63) is 66.4 Å². The minimum absolute atomic E-state index is 0.364. The van der Waals surface area contributed by atoms with Crippen molar-refractivity contribution in [2.24, 2.45) is 0 Å². The van der Waals surface area contributed by atoms with Gasteiger partial charge in [0.15, 0.2) is 0 Å². The molecule has 1 unspecified atom stereocenters. The summed E-state index contributed by atoms with van der Waals surface area (Å²) in [5.74, 6) is 0. The van der Waals surface area contributed by atoms with Crippen molar-refractivity contribution < 1.29 is 4.74 Å². The molecule has 0 N–H and O–H groups in total. The second-order valence-electron chi connectivity index (χ2n) is 7.25. The average Bonchev–Trinajstić information content (AvgIpc) is 2.72. The average molecular weight is 379 g/mol. The van der Waals surface area contributed by atoms with Gasteiger partial charge >= 0.3 is 0 Å². The number of ether oxygens (including phenoxy) is 1. The lowest BCUT2D eigenvalue weighted by molar-refractivity contribution is 0.0566. The number of benzene rings is 1. The van der Waals surface area contributed by atoms with E-state index >= 15 is 0 Å². The molecule has 2 aromatic rings. The van der Waals surface area contributed by atoms with Gasteiger partial charge in [-0.05, 0) is 50.3 Å². The van der Waals surface area contributed by atoms with Crippen LogP contribution in [0, 0.1) is 0 Å². The molecule has 2 rings (SSSR count). The van der Waals surface area contributed by atoms with E-state index in [1.165, 1.54) is 24.8 Å². The van der Waals surface area contributed by atoms with Crippen molar-refractivity contribution >= 4 is 6.08 Å². The Balaban J connectivity index is 1.72. The zero-order valence-electron chi connectivity index (χ0n) is 17.4. The van der Waals surface area contributed by atoms with Crippen molar-refractivity contribution in [2.45, 2.75) is 64.9 Å². The molecule has 3 heteroatoms. The van der Waals surface area contributed by atoms with Gasteiger partial charge < -0.3 is 4.74 Å². The number of hydrogen-bond donors (Lipinski definition) is 0. The first kappa shape index (κ1) is 22.0. The maximum atomic E-state index is 5.85. The highest BCUT2D eigenvalue weighted by Gasteiger charge is 2.02. The lowest BCUT2D eigenvalue weighted by atomic mass is 10.1. The normalized spacial score (nSPS) is 12.4. The maximum absolute atomic E-state index is 5.85. The zero-order valence-corrected chi connectivity index (χ0v) is 17.4. The molecule has 0 aliphatic carbocycles. The second-order valence-corrected chi connectivity index (χ2v) is 7.25. The lowest BCUT2D eigenvalue weighted by Crippen LogP contribution is -2.08. The molecule has 3 nitrogen and oxygen atoms in total. The first-order chi connectivity index (χ1) is 13.7. The highest BCUT2D eigenvalue weighted by atomic mass is 16.5. The Morgan fingerprint density at radius 2 is 1.86 bits per heavy atom. The van der Waals surface area contributed by atoms with E-state index in [1.807, 2.05) is 18.2 Å². The largest absolute Gasteiger partial charge is 0.379 e. The van der Waals surface area contributed by atoms with Gasteiger partial charge in [-0.15, -0.1) is 6.58 Å². The Labute approximate surface area is 170 Å². The van der Waals surface area contributed by atoms with Crippen LogP contribution >= 0.6 is 0 Å². The topological polar surface area (TPSA) is 35.0 Å². The summed E-state index contributed by atoms with van der Waals surface area (Å²) in [6, 6.07) is 12.5. The second kappa shape index (κ2) is 13.0. The van der Waals surface area contributed by atoms with E-state index in [0.717, 1.165) is 49.2 Å². The van der Waals surface area contributed by atoms with E-state index in [9.17, 15) is 0 Å². The molecule has 0 amide bonds. The molecule has 1 aromatic heterocycles. The van der Waals surface area contributed by atoms with Gasteiger partial charge in [0.05, 0.1) is 17.5 Å². The Bertz CT molecular complexity index is 704. The van der Waals surface area contributed by atoms with Gasteiger partial charge in [0.25, 0.3) is 0 Å². The minimum Gasteiger partial charge on any atom is -0.379 e. The molecule has 0 bridgehead atoms. The summed E-state index contributed by atoms with van der Waals surface area (Å²) >= 11 is 0. The fourth-order valence-corrected chi connectivity index (χ4v) is 3.00. The van der Waals surface area contributed by atoms with Crippen LogP contribution in [0.3, 0.4) is 0 Å². The molecule has 0 aliphatic rings. The van der Waals surface area contributed by atoms with E-state index in [0.29, 0.717) is 6.10 Å². The molecule has 0 aliphatic heterocycles. The van der Waals surface area contributed by atoms with E-state index in [2.05, 4.69) is 67.0 Å². The predicted molar refractivity (Wildman–Crippen MR) is 119 cm³/mol. The highest BCUT2D eigenvalue weighted by molar-refractivity contribution is 5.62. The van der Waals surface area contributed by atoms with E-state index in [4.69, 9.17) is 4.74 Å². The first-order valence-electron chi connectivity index (χ1n) is 10.5. The van der Waals surface area contributed by atoms with Crippen LogP contribution in [0.4, 0.5) is 0 Å². The van der Waals surface area contributed by atoms with Crippen LogP contribution in [0.15, 0.2) is 55.1 Å². The molecule has 1 aromatic carbocycles. The van der Waals surface area contributed by atoms with Crippen molar-refractivity contribution in [2.75, 3.05) is 6.61 Å². The van der Waals surface area contributed by atoms with Crippen molar-refractivity contribution in [3.8, 4) is 11.3 Å². The van der Waals surface area contributed by atoms with Gasteiger partial charge in [0.1, 0.15) is 0 Å². The van der Waals surface area contributed by atoms with Gasteiger partial charge in [0.2, 0.25) is 0 Å². The monoisotopic (exact) mass is 378 g/mol. The molecule has 0 saturated heterocycles. The smallest absolute Gasteiger partial charge is 0.0929 e. The molecule has 1 atom stereocenters. The van der Waals surface area contributed by atoms with Crippen LogP contribution in [0.25, 0.3) is 17.3 Å². The maximum Gasteiger partial charge on any atom is 0.0929 e. The quantitative estimate of drug-likeness (QED) is 0.289. The van der Waals surface area contributed by atoms with Gasteiger partial charge in [-0.3, -0.25) is 0 Å². The van der Waals surface area contributed by atoms with Crippen LogP contribution < -0.4 is 0 Å². The molecule has 0 radical (unpaired) electrons.